The minimum absolute atomic E-state index is 0.324. The van der Waals surface area contributed by atoms with E-state index in [-0.39, 0.29) is 5.82 Å². The number of hydrogen-bond donors (Lipinski definition) is 2. The molecule has 1 aliphatic heterocycles. The zero-order chi connectivity index (χ0) is 16.1. The van der Waals surface area contributed by atoms with E-state index in [1.807, 2.05) is 6.07 Å². The molecular weight excluding hydrogens is 295 g/mol. The van der Waals surface area contributed by atoms with Gasteiger partial charge in [-0.15, -0.1) is 0 Å². The Morgan fingerprint density at radius 3 is 2.78 bits per heavy atom. The minimum Gasteiger partial charge on any atom is -0.378 e. The van der Waals surface area contributed by atoms with Gasteiger partial charge in [-0.1, -0.05) is 12.1 Å². The van der Waals surface area contributed by atoms with Gasteiger partial charge in [-0.05, 0) is 38.1 Å². The van der Waals surface area contributed by atoms with Crippen LogP contribution in [0.3, 0.4) is 0 Å². The first-order valence-corrected chi connectivity index (χ1v) is 7.85. The van der Waals surface area contributed by atoms with Gasteiger partial charge >= 0.3 is 0 Å². The monoisotopic (exact) mass is 316 g/mol. The summed E-state index contributed by atoms with van der Waals surface area (Å²) in [5.74, 6) is 0.779. The number of nitrogens with zero attached hydrogens (tertiary/aromatic N) is 2. The molecule has 2 aromatic rings. The molecule has 122 valence electrons. The molecule has 0 unspecified atom stereocenters. The van der Waals surface area contributed by atoms with Crippen molar-refractivity contribution in [3.8, 4) is 11.4 Å². The van der Waals surface area contributed by atoms with Gasteiger partial charge < -0.3 is 15.4 Å². The van der Waals surface area contributed by atoms with Crippen molar-refractivity contribution in [3.05, 3.63) is 41.8 Å². The molecule has 23 heavy (non-hydrogen) atoms. The maximum Gasteiger partial charge on any atom is 0.164 e. The third-order valence-electron chi connectivity index (χ3n) is 3.88. The number of piperidine rings is 1. The van der Waals surface area contributed by atoms with Crippen LogP contribution in [0.1, 0.15) is 18.5 Å². The van der Waals surface area contributed by atoms with E-state index in [0.29, 0.717) is 24.0 Å². The SMILES string of the molecule is COCc1cc(NC2CCNCC2)nc(-c2ccccc2F)n1. The fourth-order valence-electron chi connectivity index (χ4n) is 2.73. The van der Waals surface area contributed by atoms with E-state index in [1.54, 1.807) is 25.3 Å². The summed E-state index contributed by atoms with van der Waals surface area (Å²) in [5, 5.41) is 6.77. The van der Waals surface area contributed by atoms with Crippen molar-refractivity contribution >= 4 is 5.82 Å². The summed E-state index contributed by atoms with van der Waals surface area (Å²) in [4.78, 5) is 8.92. The Kier molecular flexibility index (Phi) is 5.15. The lowest BCUT2D eigenvalue weighted by Gasteiger charge is -2.24. The Hall–Kier alpha value is -2.05. The van der Waals surface area contributed by atoms with Gasteiger partial charge in [-0.3, -0.25) is 0 Å². The van der Waals surface area contributed by atoms with Crippen LogP contribution in [0.15, 0.2) is 30.3 Å². The fourth-order valence-corrected chi connectivity index (χ4v) is 2.73. The molecule has 1 fully saturated rings. The molecule has 0 amide bonds. The largest absolute Gasteiger partial charge is 0.378 e. The van der Waals surface area contributed by atoms with E-state index in [1.165, 1.54) is 6.07 Å². The van der Waals surface area contributed by atoms with Crippen LogP contribution < -0.4 is 10.6 Å². The molecule has 0 atom stereocenters. The smallest absolute Gasteiger partial charge is 0.164 e. The number of benzene rings is 1. The van der Waals surface area contributed by atoms with Crippen LogP contribution in [0.5, 0.6) is 0 Å². The maximum absolute atomic E-state index is 14.0. The number of hydrogen-bond acceptors (Lipinski definition) is 5. The van der Waals surface area contributed by atoms with E-state index in [4.69, 9.17) is 4.74 Å². The lowest BCUT2D eigenvalue weighted by atomic mass is 10.1. The number of ether oxygens (including phenoxy) is 1. The molecule has 5 nitrogen and oxygen atoms in total. The van der Waals surface area contributed by atoms with Gasteiger partial charge in [0, 0.05) is 19.2 Å². The minimum atomic E-state index is -0.324. The number of anilines is 1. The van der Waals surface area contributed by atoms with Gasteiger partial charge in [-0.25, -0.2) is 14.4 Å². The van der Waals surface area contributed by atoms with Gasteiger partial charge in [0.1, 0.15) is 11.6 Å². The van der Waals surface area contributed by atoms with Crippen LogP contribution in [0, 0.1) is 5.82 Å². The zero-order valence-electron chi connectivity index (χ0n) is 13.2. The standard InChI is InChI=1S/C17H21FN4O/c1-23-11-13-10-16(20-12-6-8-19-9-7-12)22-17(21-13)14-4-2-3-5-15(14)18/h2-5,10,12,19H,6-9,11H2,1H3,(H,20,21,22). The lowest BCUT2D eigenvalue weighted by molar-refractivity contribution is 0.181. The highest BCUT2D eigenvalue weighted by Crippen LogP contribution is 2.22. The van der Waals surface area contributed by atoms with E-state index >= 15 is 0 Å². The number of methoxy groups -OCH3 is 1. The third kappa shape index (κ3) is 4.03. The van der Waals surface area contributed by atoms with Crippen molar-refractivity contribution in [2.24, 2.45) is 0 Å². The number of aromatic nitrogens is 2. The van der Waals surface area contributed by atoms with Crippen LogP contribution in [-0.2, 0) is 11.3 Å². The summed E-state index contributed by atoms with van der Waals surface area (Å²) < 4.78 is 19.2. The Balaban J connectivity index is 1.91. The van der Waals surface area contributed by atoms with Gasteiger partial charge in [0.15, 0.2) is 5.82 Å². The Bertz CT molecular complexity index is 659. The molecule has 0 spiro atoms. The van der Waals surface area contributed by atoms with Gasteiger partial charge in [0.25, 0.3) is 0 Å². The molecule has 6 heteroatoms. The second kappa shape index (κ2) is 7.48. The number of nitrogens with one attached hydrogen (secondary N) is 2. The summed E-state index contributed by atoms with van der Waals surface area (Å²) in [6.07, 6.45) is 2.08. The van der Waals surface area contributed by atoms with Gasteiger partial charge in [-0.2, -0.15) is 0 Å². The van der Waals surface area contributed by atoms with E-state index in [9.17, 15) is 4.39 Å². The van der Waals surface area contributed by atoms with E-state index in [2.05, 4.69) is 20.6 Å². The highest BCUT2D eigenvalue weighted by molar-refractivity contribution is 5.58. The summed E-state index contributed by atoms with van der Waals surface area (Å²) in [7, 11) is 1.62. The molecule has 1 aromatic heterocycles. The first kappa shape index (κ1) is 15.8. The molecule has 2 N–H and O–H groups in total. The van der Waals surface area contributed by atoms with Crippen molar-refractivity contribution in [3.63, 3.8) is 0 Å². The topological polar surface area (TPSA) is 59.1 Å². The van der Waals surface area contributed by atoms with Crippen LogP contribution >= 0.6 is 0 Å². The second-order valence-electron chi connectivity index (χ2n) is 5.65. The van der Waals surface area contributed by atoms with Crippen LogP contribution in [0.2, 0.25) is 0 Å². The third-order valence-corrected chi connectivity index (χ3v) is 3.88. The zero-order valence-corrected chi connectivity index (χ0v) is 13.2. The predicted octanol–water partition coefficient (Wildman–Crippen LogP) is 2.59. The summed E-state index contributed by atoms with van der Waals surface area (Å²) in [6.45, 7) is 2.35. The van der Waals surface area contributed by atoms with Crippen molar-refractivity contribution in [2.45, 2.75) is 25.5 Å². The summed E-state index contributed by atoms with van der Waals surface area (Å²) in [5.41, 5.74) is 1.14. The lowest BCUT2D eigenvalue weighted by Crippen LogP contribution is -2.35. The molecule has 0 radical (unpaired) electrons. The maximum atomic E-state index is 14.0. The highest BCUT2D eigenvalue weighted by Gasteiger charge is 2.15. The number of halogens is 1. The fraction of sp³-hybridized carbons (Fsp3) is 0.412. The van der Waals surface area contributed by atoms with Crippen molar-refractivity contribution in [1.29, 1.82) is 0 Å². The van der Waals surface area contributed by atoms with Gasteiger partial charge in [0.05, 0.1) is 17.9 Å². The van der Waals surface area contributed by atoms with Crippen LogP contribution in [0.25, 0.3) is 11.4 Å². The van der Waals surface area contributed by atoms with Crippen molar-refractivity contribution in [1.82, 2.24) is 15.3 Å². The van der Waals surface area contributed by atoms with E-state index < -0.39 is 0 Å². The molecule has 1 aromatic carbocycles. The van der Waals surface area contributed by atoms with Gasteiger partial charge in [0.2, 0.25) is 0 Å². The molecule has 1 aliphatic rings. The molecule has 2 heterocycles. The molecule has 0 aliphatic carbocycles. The Morgan fingerprint density at radius 2 is 2.04 bits per heavy atom. The molecule has 1 saturated heterocycles. The summed E-state index contributed by atoms with van der Waals surface area (Å²) >= 11 is 0. The second-order valence-corrected chi connectivity index (χ2v) is 5.65. The van der Waals surface area contributed by atoms with Crippen molar-refractivity contribution < 1.29 is 9.13 Å². The Morgan fingerprint density at radius 1 is 1.26 bits per heavy atom. The highest BCUT2D eigenvalue weighted by atomic mass is 19.1. The van der Waals surface area contributed by atoms with Crippen LogP contribution in [0.4, 0.5) is 10.2 Å². The molecule has 0 bridgehead atoms. The molecular formula is C17H21FN4O. The summed E-state index contributed by atoms with van der Waals surface area (Å²) in [6, 6.07) is 8.79. The first-order valence-electron chi connectivity index (χ1n) is 7.85. The Labute approximate surface area is 135 Å². The first-order chi connectivity index (χ1) is 11.3. The quantitative estimate of drug-likeness (QED) is 0.888. The van der Waals surface area contributed by atoms with E-state index in [0.717, 1.165) is 37.4 Å². The average molecular weight is 316 g/mol. The molecule has 3 rings (SSSR count). The molecule has 0 saturated carbocycles. The number of rotatable bonds is 5. The van der Waals surface area contributed by atoms with Crippen molar-refractivity contribution in [2.75, 3.05) is 25.5 Å². The average Bonchev–Trinajstić information content (AvgIpc) is 2.56. The normalized spacial score (nSPS) is 15.6. The predicted molar refractivity (Wildman–Crippen MR) is 87.7 cm³/mol. The van der Waals surface area contributed by atoms with Crippen LogP contribution in [-0.4, -0.2) is 36.2 Å².